The minimum Gasteiger partial charge on any atom is -0.466 e. The Morgan fingerprint density at radius 3 is 3.29 bits per heavy atom. The van der Waals surface area contributed by atoms with Crippen molar-refractivity contribution < 1.29 is 9.53 Å². The van der Waals surface area contributed by atoms with E-state index in [1.165, 1.54) is 22.5 Å². The van der Waals surface area contributed by atoms with Crippen LogP contribution in [-0.2, 0) is 9.53 Å². The van der Waals surface area contributed by atoms with Crippen molar-refractivity contribution in [3.05, 3.63) is 29.1 Å². The Kier molecular flexibility index (Phi) is 2.59. The van der Waals surface area contributed by atoms with Crippen molar-refractivity contribution in [3.8, 4) is 0 Å². The van der Waals surface area contributed by atoms with Gasteiger partial charge in [-0.2, -0.15) is 4.37 Å². The van der Waals surface area contributed by atoms with Crippen LogP contribution in [0.5, 0.6) is 0 Å². The van der Waals surface area contributed by atoms with E-state index in [1.807, 2.05) is 19.1 Å². The van der Waals surface area contributed by atoms with Crippen molar-refractivity contribution in [2.45, 2.75) is 19.3 Å². The molecule has 0 bridgehead atoms. The van der Waals surface area contributed by atoms with Gasteiger partial charge in [0.1, 0.15) is 0 Å². The first-order chi connectivity index (χ1) is 8.31. The summed E-state index contributed by atoms with van der Waals surface area (Å²) >= 11 is 1.47. The van der Waals surface area contributed by atoms with Gasteiger partial charge in [0.05, 0.1) is 18.0 Å². The van der Waals surface area contributed by atoms with Gasteiger partial charge in [0.25, 0.3) is 0 Å². The van der Waals surface area contributed by atoms with Crippen molar-refractivity contribution in [1.29, 1.82) is 0 Å². The second kappa shape index (κ2) is 4.11. The number of ether oxygens (including phenoxy) is 1. The van der Waals surface area contributed by atoms with Crippen LogP contribution in [0.2, 0.25) is 0 Å². The molecule has 2 aromatic rings. The average molecular weight is 247 g/mol. The third-order valence-electron chi connectivity index (χ3n) is 3.22. The fourth-order valence-corrected chi connectivity index (χ4v) is 2.97. The van der Waals surface area contributed by atoms with Crippen molar-refractivity contribution in [3.63, 3.8) is 0 Å². The lowest BCUT2D eigenvalue weighted by Gasteiger charge is -2.02. The van der Waals surface area contributed by atoms with Gasteiger partial charge < -0.3 is 4.74 Å². The topological polar surface area (TPSA) is 39.2 Å². The second-order valence-corrected chi connectivity index (χ2v) is 4.92. The molecule has 2 atom stereocenters. The smallest absolute Gasteiger partial charge is 0.309 e. The van der Waals surface area contributed by atoms with Gasteiger partial charge in [-0.25, -0.2) is 0 Å². The fourth-order valence-electron chi connectivity index (χ4n) is 2.29. The number of carbonyl (C=O) groups excluding carboxylic acids is 1. The maximum Gasteiger partial charge on any atom is 0.309 e. The first-order valence-electron chi connectivity index (χ1n) is 5.81. The highest BCUT2D eigenvalue weighted by Gasteiger charge is 2.45. The summed E-state index contributed by atoms with van der Waals surface area (Å²) < 4.78 is 9.38. The molecule has 1 saturated carbocycles. The molecule has 1 aliphatic carbocycles. The summed E-state index contributed by atoms with van der Waals surface area (Å²) in [5.74, 6) is 0.326. The summed E-state index contributed by atoms with van der Waals surface area (Å²) in [5, 5.41) is 3.25. The Labute approximate surface area is 104 Å². The van der Waals surface area contributed by atoms with E-state index in [1.54, 1.807) is 0 Å². The van der Waals surface area contributed by atoms with E-state index in [2.05, 4.69) is 15.8 Å². The third-order valence-corrected chi connectivity index (χ3v) is 3.86. The maximum atomic E-state index is 11.6. The van der Waals surface area contributed by atoms with Crippen LogP contribution in [0.3, 0.4) is 0 Å². The Morgan fingerprint density at radius 2 is 2.47 bits per heavy atom. The van der Waals surface area contributed by atoms with Crippen LogP contribution in [0.15, 0.2) is 23.6 Å². The van der Waals surface area contributed by atoms with Crippen LogP contribution in [-0.4, -0.2) is 16.9 Å². The lowest BCUT2D eigenvalue weighted by atomic mass is 10.1. The standard InChI is InChI=1S/C13H13NO2S/c1-2-16-13(15)10-6-9(10)8-4-3-5-12-11(8)7-17-14-12/h3-5,7,9-10H,2,6H2,1H3. The number of rotatable bonds is 3. The molecule has 1 aliphatic rings. The molecular formula is C13H13NO2S. The molecular weight excluding hydrogens is 234 g/mol. The first-order valence-corrected chi connectivity index (χ1v) is 6.64. The number of aromatic nitrogens is 1. The van der Waals surface area contributed by atoms with Gasteiger partial charge in [0.15, 0.2) is 0 Å². The SMILES string of the molecule is CCOC(=O)C1CC1c1cccc2nscc12. The average Bonchev–Trinajstić information content (AvgIpc) is 2.98. The van der Waals surface area contributed by atoms with Gasteiger partial charge in [-0.3, -0.25) is 4.79 Å². The molecule has 1 fully saturated rings. The third kappa shape index (κ3) is 1.82. The summed E-state index contributed by atoms with van der Waals surface area (Å²) in [6, 6.07) is 6.12. The molecule has 0 N–H and O–H groups in total. The van der Waals surface area contributed by atoms with E-state index in [0.717, 1.165) is 11.9 Å². The number of fused-ring (bicyclic) bond motifs is 1. The lowest BCUT2D eigenvalue weighted by Crippen LogP contribution is -2.07. The maximum absolute atomic E-state index is 11.6. The van der Waals surface area contributed by atoms with Crippen LogP contribution in [0.4, 0.5) is 0 Å². The number of esters is 1. The van der Waals surface area contributed by atoms with E-state index >= 15 is 0 Å². The van der Waals surface area contributed by atoms with E-state index in [4.69, 9.17) is 4.74 Å². The second-order valence-electron chi connectivity index (χ2n) is 4.30. The highest BCUT2D eigenvalue weighted by Crippen LogP contribution is 2.50. The molecule has 0 saturated heterocycles. The predicted molar refractivity (Wildman–Crippen MR) is 67.1 cm³/mol. The Bertz CT molecular complexity index is 563. The molecule has 88 valence electrons. The summed E-state index contributed by atoms with van der Waals surface area (Å²) in [7, 11) is 0. The fraction of sp³-hybridized carbons (Fsp3) is 0.385. The summed E-state index contributed by atoms with van der Waals surface area (Å²) in [4.78, 5) is 11.6. The minimum atomic E-state index is -0.0577. The number of hydrogen-bond donors (Lipinski definition) is 0. The van der Waals surface area contributed by atoms with Crippen LogP contribution in [0.1, 0.15) is 24.8 Å². The largest absolute Gasteiger partial charge is 0.466 e. The van der Waals surface area contributed by atoms with E-state index in [0.29, 0.717) is 12.5 Å². The summed E-state index contributed by atoms with van der Waals surface area (Å²) in [5.41, 5.74) is 2.27. The van der Waals surface area contributed by atoms with Gasteiger partial charge in [0, 0.05) is 10.8 Å². The Hall–Kier alpha value is -1.42. The number of nitrogens with zero attached hydrogens (tertiary/aromatic N) is 1. The van der Waals surface area contributed by atoms with Crippen molar-refractivity contribution in [2.75, 3.05) is 6.61 Å². The Morgan fingerprint density at radius 1 is 1.59 bits per heavy atom. The molecule has 1 aromatic heterocycles. The van der Waals surface area contributed by atoms with Gasteiger partial charge >= 0.3 is 5.97 Å². The first kappa shape index (κ1) is 10.7. The molecule has 4 heteroatoms. The Balaban J connectivity index is 1.87. The number of hydrogen-bond acceptors (Lipinski definition) is 4. The normalized spacial score (nSPS) is 22.6. The zero-order valence-corrected chi connectivity index (χ0v) is 10.4. The quantitative estimate of drug-likeness (QED) is 0.783. The van der Waals surface area contributed by atoms with Crippen LogP contribution >= 0.6 is 11.5 Å². The predicted octanol–water partition coefficient (Wildman–Crippen LogP) is 2.96. The molecule has 17 heavy (non-hydrogen) atoms. The zero-order valence-electron chi connectivity index (χ0n) is 9.55. The van der Waals surface area contributed by atoms with Crippen molar-refractivity contribution in [2.24, 2.45) is 5.92 Å². The molecule has 2 unspecified atom stereocenters. The molecule has 0 spiro atoms. The summed E-state index contributed by atoms with van der Waals surface area (Å²) in [6.45, 7) is 2.31. The molecule has 0 aliphatic heterocycles. The minimum absolute atomic E-state index is 0.0560. The highest BCUT2D eigenvalue weighted by atomic mass is 32.1. The van der Waals surface area contributed by atoms with E-state index in [9.17, 15) is 4.79 Å². The molecule has 0 radical (unpaired) electrons. The monoisotopic (exact) mass is 247 g/mol. The van der Waals surface area contributed by atoms with Crippen LogP contribution in [0, 0.1) is 5.92 Å². The molecule has 3 nitrogen and oxygen atoms in total. The molecule has 3 rings (SSSR count). The van der Waals surface area contributed by atoms with Crippen LogP contribution < -0.4 is 0 Å². The van der Waals surface area contributed by atoms with Gasteiger partial charge in [-0.05, 0) is 42.4 Å². The molecule has 0 amide bonds. The number of benzene rings is 1. The van der Waals surface area contributed by atoms with Gasteiger partial charge in [-0.15, -0.1) is 0 Å². The highest BCUT2D eigenvalue weighted by molar-refractivity contribution is 7.04. The number of carbonyl (C=O) groups is 1. The van der Waals surface area contributed by atoms with E-state index in [-0.39, 0.29) is 11.9 Å². The molecule has 1 aromatic carbocycles. The molecule has 1 heterocycles. The van der Waals surface area contributed by atoms with Crippen molar-refractivity contribution >= 4 is 28.4 Å². The lowest BCUT2D eigenvalue weighted by molar-refractivity contribution is -0.144. The van der Waals surface area contributed by atoms with Gasteiger partial charge in [0.2, 0.25) is 0 Å². The van der Waals surface area contributed by atoms with Gasteiger partial charge in [-0.1, -0.05) is 12.1 Å². The zero-order chi connectivity index (χ0) is 11.8. The van der Waals surface area contributed by atoms with Crippen LogP contribution in [0.25, 0.3) is 10.9 Å². The van der Waals surface area contributed by atoms with E-state index < -0.39 is 0 Å². The van der Waals surface area contributed by atoms with Crippen molar-refractivity contribution in [1.82, 2.24) is 4.37 Å². The summed E-state index contributed by atoms with van der Waals surface area (Å²) in [6.07, 6.45) is 0.911.